The van der Waals surface area contributed by atoms with Gasteiger partial charge in [-0.25, -0.2) is 4.79 Å². The molecule has 0 unspecified atom stereocenters. The first-order valence-electron chi connectivity index (χ1n) is 6.72. The average Bonchev–Trinajstić information content (AvgIpc) is 2.29. The molecular formula is C15H26O5. The summed E-state index contributed by atoms with van der Waals surface area (Å²) < 4.78 is 15.3. The maximum Gasteiger partial charge on any atom is 0.333 e. The zero-order valence-electron chi connectivity index (χ0n) is 13.0. The van der Waals surface area contributed by atoms with Crippen LogP contribution in [0, 0.1) is 5.41 Å². The minimum Gasteiger partial charge on any atom is -0.460 e. The number of Topliss-reactive ketones (excluding diaryl/α,β-unsaturated/α-hetero) is 1. The van der Waals surface area contributed by atoms with Crippen molar-refractivity contribution in [1.82, 2.24) is 0 Å². The van der Waals surface area contributed by atoms with E-state index in [1.807, 2.05) is 20.8 Å². The number of carbonyl (C=O) groups is 2. The van der Waals surface area contributed by atoms with Crippen molar-refractivity contribution in [1.29, 1.82) is 0 Å². The average molecular weight is 286 g/mol. The van der Waals surface area contributed by atoms with E-state index >= 15 is 0 Å². The summed E-state index contributed by atoms with van der Waals surface area (Å²) in [6.45, 7) is 12.4. The number of carbonyl (C=O) groups excluding carboxylic acids is 2. The van der Waals surface area contributed by atoms with Crippen LogP contribution in [0.4, 0.5) is 0 Å². The van der Waals surface area contributed by atoms with Gasteiger partial charge in [0.05, 0.1) is 19.8 Å². The second-order valence-electron chi connectivity index (χ2n) is 5.86. The van der Waals surface area contributed by atoms with Crippen molar-refractivity contribution in [3.63, 3.8) is 0 Å². The van der Waals surface area contributed by atoms with Gasteiger partial charge in [0.25, 0.3) is 0 Å². The van der Waals surface area contributed by atoms with Crippen LogP contribution >= 0.6 is 0 Å². The van der Waals surface area contributed by atoms with Gasteiger partial charge in [-0.1, -0.05) is 27.4 Å². The number of esters is 1. The molecule has 0 aliphatic rings. The molecule has 5 heteroatoms. The molecule has 20 heavy (non-hydrogen) atoms. The Labute approximate surface area is 121 Å². The third kappa shape index (κ3) is 11.9. The van der Waals surface area contributed by atoms with Crippen LogP contribution in [0.1, 0.15) is 34.1 Å². The normalized spacial score (nSPS) is 11.2. The number of ketones is 1. The number of hydrogen-bond acceptors (Lipinski definition) is 5. The lowest BCUT2D eigenvalue weighted by atomic mass is 9.90. The van der Waals surface area contributed by atoms with Gasteiger partial charge < -0.3 is 14.2 Å². The van der Waals surface area contributed by atoms with E-state index in [9.17, 15) is 9.59 Å². The van der Waals surface area contributed by atoms with Crippen molar-refractivity contribution < 1.29 is 23.8 Å². The second-order valence-corrected chi connectivity index (χ2v) is 5.86. The molecule has 0 radical (unpaired) electrons. The molecule has 0 aliphatic heterocycles. The minimum atomic E-state index is -0.419. The summed E-state index contributed by atoms with van der Waals surface area (Å²) in [6.07, 6.45) is 0.505. The first-order valence-corrected chi connectivity index (χ1v) is 6.72. The van der Waals surface area contributed by atoms with E-state index in [1.54, 1.807) is 6.92 Å². The predicted octanol–water partition coefficient (Wildman–Crippen LogP) is 2.14. The van der Waals surface area contributed by atoms with Crippen molar-refractivity contribution >= 4 is 11.8 Å². The van der Waals surface area contributed by atoms with Gasteiger partial charge in [0.1, 0.15) is 13.2 Å². The summed E-state index contributed by atoms with van der Waals surface area (Å²) in [6, 6.07) is 0. The van der Waals surface area contributed by atoms with Gasteiger partial charge in [-0.05, 0) is 12.3 Å². The van der Waals surface area contributed by atoms with Crippen LogP contribution in [0.3, 0.4) is 0 Å². The van der Waals surface area contributed by atoms with Crippen molar-refractivity contribution in [3.8, 4) is 0 Å². The topological polar surface area (TPSA) is 61.8 Å². The van der Waals surface area contributed by atoms with E-state index in [-0.39, 0.29) is 24.4 Å². The van der Waals surface area contributed by atoms with E-state index in [4.69, 9.17) is 14.2 Å². The molecule has 0 aliphatic carbocycles. The second kappa shape index (κ2) is 9.66. The molecule has 0 heterocycles. The highest BCUT2D eigenvalue weighted by molar-refractivity contribution is 5.86. The number of rotatable bonds is 10. The highest BCUT2D eigenvalue weighted by Gasteiger charge is 2.15. The molecule has 0 amide bonds. The molecule has 0 saturated carbocycles. The van der Waals surface area contributed by atoms with E-state index in [1.165, 1.54) is 0 Å². The van der Waals surface area contributed by atoms with E-state index in [0.29, 0.717) is 31.8 Å². The molecule has 0 fully saturated rings. The van der Waals surface area contributed by atoms with Crippen LogP contribution < -0.4 is 0 Å². The Bertz CT molecular complexity index is 328. The van der Waals surface area contributed by atoms with Gasteiger partial charge in [-0.15, -0.1) is 0 Å². The first kappa shape index (κ1) is 18.8. The highest BCUT2D eigenvalue weighted by atomic mass is 16.6. The molecule has 5 nitrogen and oxygen atoms in total. The van der Waals surface area contributed by atoms with Crippen LogP contribution in [0.2, 0.25) is 0 Å². The molecule has 0 saturated heterocycles. The Kier molecular flexibility index (Phi) is 9.08. The van der Waals surface area contributed by atoms with Crippen molar-refractivity contribution in [2.45, 2.75) is 34.1 Å². The number of ether oxygens (including phenoxy) is 3. The lowest BCUT2D eigenvalue weighted by Gasteiger charge is -2.16. The fourth-order valence-electron chi connectivity index (χ4n) is 1.36. The Morgan fingerprint density at radius 3 is 2.10 bits per heavy atom. The standard InChI is InChI=1S/C15H26O5/c1-12(2)14(17)20-9-8-18-6-7-19-11-13(16)10-15(3,4)5/h1,6-11H2,2-5H3. The predicted molar refractivity (Wildman–Crippen MR) is 76.5 cm³/mol. The van der Waals surface area contributed by atoms with Gasteiger partial charge in [0.2, 0.25) is 0 Å². The number of hydrogen-bond donors (Lipinski definition) is 0. The highest BCUT2D eigenvalue weighted by Crippen LogP contribution is 2.18. The Morgan fingerprint density at radius 2 is 1.55 bits per heavy atom. The molecule has 0 aromatic rings. The molecule has 0 aromatic heterocycles. The molecule has 0 N–H and O–H groups in total. The van der Waals surface area contributed by atoms with Gasteiger partial charge in [-0.2, -0.15) is 0 Å². The Morgan fingerprint density at radius 1 is 1.00 bits per heavy atom. The molecular weight excluding hydrogens is 260 g/mol. The van der Waals surface area contributed by atoms with Crippen molar-refractivity contribution in [3.05, 3.63) is 12.2 Å². The summed E-state index contributed by atoms with van der Waals surface area (Å²) in [5.74, 6) is -0.328. The maximum absolute atomic E-state index is 11.5. The third-order valence-corrected chi connectivity index (χ3v) is 2.17. The molecule has 0 rings (SSSR count). The van der Waals surface area contributed by atoms with Gasteiger partial charge in [0, 0.05) is 12.0 Å². The van der Waals surface area contributed by atoms with Crippen LogP contribution in [-0.2, 0) is 23.8 Å². The summed E-state index contributed by atoms with van der Waals surface area (Å²) in [7, 11) is 0. The molecule has 0 spiro atoms. The smallest absolute Gasteiger partial charge is 0.333 e. The fraction of sp³-hybridized carbons (Fsp3) is 0.733. The van der Waals surface area contributed by atoms with Crippen LogP contribution in [0.25, 0.3) is 0 Å². The van der Waals surface area contributed by atoms with E-state index in [2.05, 4.69) is 6.58 Å². The van der Waals surface area contributed by atoms with Crippen LogP contribution in [0.5, 0.6) is 0 Å². The lowest BCUT2D eigenvalue weighted by Crippen LogP contribution is -2.19. The first-order chi connectivity index (χ1) is 9.22. The van der Waals surface area contributed by atoms with E-state index < -0.39 is 5.97 Å². The maximum atomic E-state index is 11.5. The van der Waals surface area contributed by atoms with Gasteiger partial charge in [0.15, 0.2) is 5.78 Å². The summed E-state index contributed by atoms with van der Waals surface area (Å²) in [5, 5.41) is 0. The summed E-state index contributed by atoms with van der Waals surface area (Å²) >= 11 is 0. The quantitative estimate of drug-likeness (QED) is 0.350. The monoisotopic (exact) mass is 286 g/mol. The zero-order chi connectivity index (χ0) is 15.6. The molecule has 0 atom stereocenters. The Balaban J connectivity index is 3.39. The van der Waals surface area contributed by atoms with E-state index in [0.717, 1.165) is 0 Å². The minimum absolute atomic E-state index is 0.00982. The zero-order valence-corrected chi connectivity index (χ0v) is 13.0. The summed E-state index contributed by atoms with van der Waals surface area (Å²) in [4.78, 5) is 22.5. The van der Waals surface area contributed by atoms with Crippen molar-refractivity contribution in [2.24, 2.45) is 5.41 Å². The molecule has 0 aromatic carbocycles. The third-order valence-electron chi connectivity index (χ3n) is 2.17. The Hall–Kier alpha value is -1.20. The van der Waals surface area contributed by atoms with Gasteiger partial charge >= 0.3 is 5.97 Å². The lowest BCUT2D eigenvalue weighted by molar-refractivity contribution is -0.140. The van der Waals surface area contributed by atoms with Crippen LogP contribution in [-0.4, -0.2) is 44.8 Å². The fourth-order valence-corrected chi connectivity index (χ4v) is 1.36. The summed E-state index contributed by atoms with van der Waals surface area (Å²) in [5.41, 5.74) is 0.357. The largest absolute Gasteiger partial charge is 0.460 e. The van der Waals surface area contributed by atoms with Crippen molar-refractivity contribution in [2.75, 3.05) is 33.0 Å². The molecule has 0 bridgehead atoms. The SMILES string of the molecule is C=C(C)C(=O)OCCOCCOCC(=O)CC(C)(C)C. The molecule has 116 valence electrons. The van der Waals surface area contributed by atoms with Gasteiger partial charge in [-0.3, -0.25) is 4.79 Å². The van der Waals surface area contributed by atoms with Crippen LogP contribution in [0.15, 0.2) is 12.2 Å².